The van der Waals surface area contributed by atoms with Gasteiger partial charge in [-0.05, 0) is 30.5 Å². The number of hydrogen-bond acceptors (Lipinski definition) is 4. The third-order valence-corrected chi connectivity index (χ3v) is 2.88. The van der Waals surface area contributed by atoms with Gasteiger partial charge in [0.05, 0.1) is 12.1 Å². The normalized spacial score (nSPS) is 14.3. The van der Waals surface area contributed by atoms with E-state index in [0.717, 1.165) is 0 Å². The number of rotatable bonds is 4. The Bertz CT molecular complexity index is 432. The van der Waals surface area contributed by atoms with Gasteiger partial charge in [-0.3, -0.25) is 4.79 Å². The van der Waals surface area contributed by atoms with Crippen LogP contribution in [-0.2, 0) is 4.79 Å². The van der Waals surface area contributed by atoms with Crippen LogP contribution >= 0.6 is 0 Å². The second-order valence-electron chi connectivity index (χ2n) is 4.75. The number of nitrogens with two attached hydrogens (primary N) is 1. The fraction of sp³-hybridized carbons (Fsp3) is 0.462. The van der Waals surface area contributed by atoms with Crippen LogP contribution in [0, 0.1) is 5.92 Å². The SMILES string of the molecule is CC(NC(=O)C(N)C(C)C)c1ccc(O)c(O)c1. The van der Waals surface area contributed by atoms with Gasteiger partial charge in [0.2, 0.25) is 5.91 Å². The molecule has 0 fully saturated rings. The van der Waals surface area contributed by atoms with Crippen LogP contribution in [-0.4, -0.2) is 22.2 Å². The van der Waals surface area contributed by atoms with Crippen molar-refractivity contribution in [3.8, 4) is 11.5 Å². The summed E-state index contributed by atoms with van der Waals surface area (Å²) < 4.78 is 0. The van der Waals surface area contributed by atoms with Crippen LogP contribution in [0.3, 0.4) is 0 Å². The average molecular weight is 252 g/mol. The molecule has 1 aromatic rings. The van der Waals surface area contributed by atoms with Gasteiger partial charge in [-0.1, -0.05) is 19.9 Å². The first-order valence-corrected chi connectivity index (χ1v) is 5.90. The molecule has 5 nitrogen and oxygen atoms in total. The topological polar surface area (TPSA) is 95.6 Å². The Hall–Kier alpha value is -1.75. The fourth-order valence-corrected chi connectivity index (χ4v) is 1.51. The summed E-state index contributed by atoms with van der Waals surface area (Å²) in [5.74, 6) is -0.562. The van der Waals surface area contributed by atoms with Crippen molar-refractivity contribution < 1.29 is 15.0 Å². The van der Waals surface area contributed by atoms with E-state index in [1.165, 1.54) is 12.1 Å². The van der Waals surface area contributed by atoms with Crippen LogP contribution < -0.4 is 11.1 Å². The Labute approximate surface area is 107 Å². The van der Waals surface area contributed by atoms with E-state index in [1.54, 1.807) is 13.0 Å². The zero-order valence-corrected chi connectivity index (χ0v) is 10.8. The van der Waals surface area contributed by atoms with E-state index in [0.29, 0.717) is 5.56 Å². The molecular formula is C13H20N2O3. The molecule has 18 heavy (non-hydrogen) atoms. The number of phenolic OH excluding ortho intramolecular Hbond substituents is 2. The standard InChI is InChI=1S/C13H20N2O3/c1-7(2)12(14)13(18)15-8(3)9-4-5-10(16)11(17)6-9/h4-8,12,16-17H,14H2,1-3H3,(H,15,18). The zero-order valence-electron chi connectivity index (χ0n) is 10.8. The monoisotopic (exact) mass is 252 g/mol. The Morgan fingerprint density at radius 2 is 1.83 bits per heavy atom. The third kappa shape index (κ3) is 3.37. The van der Waals surface area contributed by atoms with E-state index in [9.17, 15) is 15.0 Å². The second-order valence-corrected chi connectivity index (χ2v) is 4.75. The molecule has 0 heterocycles. The Morgan fingerprint density at radius 1 is 1.22 bits per heavy atom. The van der Waals surface area contributed by atoms with Crippen LogP contribution in [0.25, 0.3) is 0 Å². The molecule has 1 amide bonds. The summed E-state index contributed by atoms with van der Waals surface area (Å²) in [6, 6.07) is 3.60. The summed E-state index contributed by atoms with van der Waals surface area (Å²) in [6.45, 7) is 5.54. The molecule has 100 valence electrons. The lowest BCUT2D eigenvalue weighted by Crippen LogP contribution is -2.44. The van der Waals surface area contributed by atoms with Crippen molar-refractivity contribution >= 4 is 5.91 Å². The first kappa shape index (κ1) is 14.3. The number of carbonyl (C=O) groups is 1. The summed E-state index contributed by atoms with van der Waals surface area (Å²) in [7, 11) is 0. The van der Waals surface area contributed by atoms with Gasteiger partial charge in [0.1, 0.15) is 0 Å². The Balaban J connectivity index is 2.73. The number of amides is 1. The van der Waals surface area contributed by atoms with Gasteiger partial charge in [0.25, 0.3) is 0 Å². The predicted octanol–water partition coefficient (Wildman–Crippen LogP) is 1.26. The first-order valence-electron chi connectivity index (χ1n) is 5.90. The van der Waals surface area contributed by atoms with Gasteiger partial charge >= 0.3 is 0 Å². The van der Waals surface area contributed by atoms with Gasteiger partial charge in [-0.25, -0.2) is 0 Å². The van der Waals surface area contributed by atoms with Crippen molar-refractivity contribution in [1.82, 2.24) is 5.32 Å². The number of nitrogens with one attached hydrogen (secondary N) is 1. The van der Waals surface area contributed by atoms with Crippen molar-refractivity contribution in [2.45, 2.75) is 32.9 Å². The average Bonchev–Trinajstić information content (AvgIpc) is 2.31. The highest BCUT2D eigenvalue weighted by atomic mass is 16.3. The minimum absolute atomic E-state index is 0.0606. The van der Waals surface area contributed by atoms with E-state index in [1.807, 2.05) is 13.8 Å². The summed E-state index contributed by atoms with van der Waals surface area (Å²) >= 11 is 0. The lowest BCUT2D eigenvalue weighted by atomic mass is 10.0. The Morgan fingerprint density at radius 3 is 2.33 bits per heavy atom. The van der Waals surface area contributed by atoms with E-state index in [-0.39, 0.29) is 29.4 Å². The van der Waals surface area contributed by atoms with Crippen LogP contribution in [0.5, 0.6) is 11.5 Å². The smallest absolute Gasteiger partial charge is 0.237 e. The van der Waals surface area contributed by atoms with Gasteiger partial charge in [0.15, 0.2) is 11.5 Å². The van der Waals surface area contributed by atoms with Crippen LogP contribution in [0.4, 0.5) is 0 Å². The molecule has 0 bridgehead atoms. The van der Waals surface area contributed by atoms with Gasteiger partial charge in [-0.15, -0.1) is 0 Å². The van der Waals surface area contributed by atoms with E-state index in [4.69, 9.17) is 5.73 Å². The molecular weight excluding hydrogens is 232 g/mol. The third-order valence-electron chi connectivity index (χ3n) is 2.88. The molecule has 1 rings (SSSR count). The van der Waals surface area contributed by atoms with Gasteiger partial charge < -0.3 is 21.3 Å². The number of aromatic hydroxyl groups is 2. The molecule has 2 atom stereocenters. The van der Waals surface area contributed by atoms with Crippen molar-refractivity contribution in [1.29, 1.82) is 0 Å². The lowest BCUT2D eigenvalue weighted by molar-refractivity contribution is -0.123. The molecule has 0 saturated carbocycles. The molecule has 0 aliphatic rings. The summed E-state index contributed by atoms with van der Waals surface area (Å²) in [6.07, 6.45) is 0. The van der Waals surface area contributed by atoms with Crippen molar-refractivity contribution in [3.05, 3.63) is 23.8 Å². The van der Waals surface area contributed by atoms with Gasteiger partial charge in [-0.2, -0.15) is 0 Å². The minimum Gasteiger partial charge on any atom is -0.504 e. The zero-order chi connectivity index (χ0) is 13.9. The van der Waals surface area contributed by atoms with Crippen molar-refractivity contribution in [2.75, 3.05) is 0 Å². The predicted molar refractivity (Wildman–Crippen MR) is 69.1 cm³/mol. The largest absolute Gasteiger partial charge is 0.504 e. The number of benzene rings is 1. The van der Waals surface area contributed by atoms with Crippen molar-refractivity contribution in [3.63, 3.8) is 0 Å². The van der Waals surface area contributed by atoms with E-state index >= 15 is 0 Å². The molecule has 1 aromatic carbocycles. The maximum absolute atomic E-state index is 11.8. The molecule has 0 aliphatic heterocycles. The van der Waals surface area contributed by atoms with Crippen LogP contribution in [0.15, 0.2) is 18.2 Å². The summed E-state index contributed by atoms with van der Waals surface area (Å²) in [5.41, 5.74) is 6.44. The van der Waals surface area contributed by atoms with Crippen molar-refractivity contribution in [2.24, 2.45) is 11.7 Å². The molecule has 5 heteroatoms. The molecule has 5 N–H and O–H groups in total. The molecule has 0 saturated heterocycles. The first-order chi connectivity index (χ1) is 8.32. The highest BCUT2D eigenvalue weighted by Gasteiger charge is 2.19. The van der Waals surface area contributed by atoms with E-state index in [2.05, 4.69) is 5.32 Å². The summed E-state index contributed by atoms with van der Waals surface area (Å²) in [4.78, 5) is 11.8. The molecule has 0 aromatic heterocycles. The minimum atomic E-state index is -0.557. The number of carbonyl (C=O) groups excluding carboxylic acids is 1. The van der Waals surface area contributed by atoms with Crippen LogP contribution in [0.2, 0.25) is 0 Å². The second kappa shape index (κ2) is 5.73. The van der Waals surface area contributed by atoms with Gasteiger partial charge in [0, 0.05) is 0 Å². The molecule has 0 spiro atoms. The molecule has 0 aliphatic carbocycles. The number of phenols is 2. The summed E-state index contributed by atoms with van der Waals surface area (Å²) in [5, 5.41) is 21.4. The molecule has 2 unspecified atom stereocenters. The quantitative estimate of drug-likeness (QED) is 0.607. The number of hydrogen-bond donors (Lipinski definition) is 4. The van der Waals surface area contributed by atoms with E-state index < -0.39 is 6.04 Å². The Kier molecular flexibility index (Phi) is 4.55. The fourth-order valence-electron chi connectivity index (χ4n) is 1.51. The highest BCUT2D eigenvalue weighted by Crippen LogP contribution is 2.27. The molecule has 0 radical (unpaired) electrons. The maximum Gasteiger partial charge on any atom is 0.237 e. The lowest BCUT2D eigenvalue weighted by Gasteiger charge is -2.20. The van der Waals surface area contributed by atoms with Crippen LogP contribution in [0.1, 0.15) is 32.4 Å². The maximum atomic E-state index is 11.8. The highest BCUT2D eigenvalue weighted by molar-refractivity contribution is 5.82.